The van der Waals surface area contributed by atoms with Crippen molar-refractivity contribution in [2.45, 2.75) is 45.8 Å². The number of nitrogens with zero attached hydrogens (tertiary/aromatic N) is 2. The van der Waals surface area contributed by atoms with E-state index in [1.165, 1.54) is 11.8 Å². The maximum Gasteiger partial charge on any atom is 0.262 e. The number of hydrogen-bond donors (Lipinski definition) is 1. The Morgan fingerprint density at radius 2 is 1.76 bits per heavy atom. The highest BCUT2D eigenvalue weighted by molar-refractivity contribution is 7.99. The summed E-state index contributed by atoms with van der Waals surface area (Å²) in [6, 6.07) is 9.31. The molecule has 2 aromatic carbocycles. The molecule has 0 unspecified atom stereocenters. The van der Waals surface area contributed by atoms with Crippen LogP contribution in [-0.2, 0) is 6.54 Å². The van der Waals surface area contributed by atoms with E-state index in [4.69, 9.17) is 0 Å². The lowest BCUT2D eigenvalue weighted by Gasteiger charge is -2.15. The second kappa shape index (κ2) is 8.93. The van der Waals surface area contributed by atoms with Gasteiger partial charge >= 0.3 is 0 Å². The van der Waals surface area contributed by atoms with Gasteiger partial charge in [0.15, 0.2) is 10.9 Å². The number of Topliss-reactive ketones (excluding diaryl/α,β-unsaturated/α-hetero) is 1. The minimum absolute atomic E-state index is 0.0107. The van der Waals surface area contributed by atoms with Crippen LogP contribution in [0.1, 0.15) is 39.0 Å². The minimum Gasteiger partial charge on any atom is -0.396 e. The van der Waals surface area contributed by atoms with Crippen molar-refractivity contribution in [3.05, 3.63) is 68.5 Å². The lowest BCUT2D eigenvalue weighted by molar-refractivity contribution is 0.102. The van der Waals surface area contributed by atoms with Crippen LogP contribution in [0.3, 0.4) is 0 Å². The molecular formula is C23H26N2O3S. The summed E-state index contributed by atoms with van der Waals surface area (Å²) in [7, 11) is 0. The fourth-order valence-electron chi connectivity index (χ4n) is 3.52. The highest BCUT2D eigenvalue weighted by atomic mass is 32.2. The molecule has 0 aliphatic rings. The Kier molecular flexibility index (Phi) is 6.55. The molecule has 0 saturated heterocycles. The monoisotopic (exact) mass is 410 g/mol. The second-order valence-corrected chi connectivity index (χ2v) is 8.24. The molecule has 1 N–H and O–H groups in total. The fraction of sp³-hybridized carbons (Fsp3) is 0.348. The molecule has 3 aromatic rings. The molecule has 0 aliphatic heterocycles. The van der Waals surface area contributed by atoms with Gasteiger partial charge in [-0.3, -0.25) is 14.2 Å². The molecule has 0 atom stereocenters. The Balaban J connectivity index is 1.96. The van der Waals surface area contributed by atoms with E-state index in [-0.39, 0.29) is 23.7 Å². The topological polar surface area (TPSA) is 72.2 Å². The van der Waals surface area contributed by atoms with E-state index < -0.39 is 0 Å². The van der Waals surface area contributed by atoms with Crippen molar-refractivity contribution >= 4 is 28.4 Å². The van der Waals surface area contributed by atoms with Gasteiger partial charge in [0.2, 0.25) is 0 Å². The van der Waals surface area contributed by atoms with Crippen LogP contribution in [0.5, 0.6) is 0 Å². The molecule has 0 bridgehead atoms. The Labute approximate surface area is 174 Å². The zero-order valence-electron chi connectivity index (χ0n) is 17.3. The Morgan fingerprint density at radius 3 is 2.41 bits per heavy atom. The van der Waals surface area contributed by atoms with Crippen molar-refractivity contribution in [1.82, 2.24) is 9.55 Å². The van der Waals surface area contributed by atoms with Gasteiger partial charge in [0.05, 0.1) is 16.7 Å². The van der Waals surface area contributed by atoms with Crippen molar-refractivity contribution < 1.29 is 9.90 Å². The molecule has 1 heterocycles. The number of aliphatic hydroxyl groups excluding tert-OH is 1. The van der Waals surface area contributed by atoms with Gasteiger partial charge in [-0.15, -0.1) is 0 Å². The summed E-state index contributed by atoms with van der Waals surface area (Å²) >= 11 is 1.28. The molecule has 0 saturated carbocycles. The SMILES string of the molecule is Cc1cc(C)c(C)c(C(=O)CSc2nc3ccccc3c(=O)n2CCCO)c1C. The van der Waals surface area contributed by atoms with E-state index in [0.717, 1.165) is 27.8 Å². The molecule has 0 amide bonds. The average Bonchev–Trinajstić information content (AvgIpc) is 2.70. The summed E-state index contributed by atoms with van der Waals surface area (Å²) in [5.41, 5.74) is 5.45. The van der Waals surface area contributed by atoms with Gasteiger partial charge < -0.3 is 5.11 Å². The lowest BCUT2D eigenvalue weighted by atomic mass is 9.92. The summed E-state index contributed by atoms with van der Waals surface area (Å²) in [5.74, 6) is 0.238. The van der Waals surface area contributed by atoms with Crippen LogP contribution in [0.25, 0.3) is 10.9 Å². The number of hydrogen-bond acceptors (Lipinski definition) is 5. The number of rotatable bonds is 7. The van der Waals surface area contributed by atoms with Crippen molar-refractivity contribution in [2.24, 2.45) is 0 Å². The van der Waals surface area contributed by atoms with Gasteiger partial charge in [-0.2, -0.15) is 0 Å². The maximum absolute atomic E-state index is 13.1. The van der Waals surface area contributed by atoms with E-state index in [1.54, 1.807) is 16.7 Å². The van der Waals surface area contributed by atoms with Gasteiger partial charge in [-0.1, -0.05) is 30.0 Å². The number of carbonyl (C=O) groups excluding carboxylic acids is 1. The van der Waals surface area contributed by atoms with Crippen LogP contribution in [-0.4, -0.2) is 32.8 Å². The predicted octanol–water partition coefficient (Wildman–Crippen LogP) is 3.99. The quantitative estimate of drug-likeness (QED) is 0.362. The fourth-order valence-corrected chi connectivity index (χ4v) is 4.42. The minimum atomic E-state index is -0.141. The van der Waals surface area contributed by atoms with Crippen molar-refractivity contribution in [2.75, 3.05) is 12.4 Å². The summed E-state index contributed by atoms with van der Waals surface area (Å²) in [6.45, 7) is 8.34. The van der Waals surface area contributed by atoms with E-state index in [9.17, 15) is 14.7 Å². The Bertz CT molecular complexity index is 1110. The molecule has 3 rings (SSSR count). The molecule has 0 radical (unpaired) electrons. The summed E-state index contributed by atoms with van der Waals surface area (Å²) < 4.78 is 1.57. The third kappa shape index (κ3) is 4.28. The molecular weight excluding hydrogens is 384 g/mol. The van der Waals surface area contributed by atoms with Crippen LogP contribution >= 0.6 is 11.8 Å². The normalized spacial score (nSPS) is 11.2. The number of thioether (sulfide) groups is 1. The van der Waals surface area contributed by atoms with Crippen molar-refractivity contribution in [1.29, 1.82) is 0 Å². The number of benzene rings is 2. The summed E-state index contributed by atoms with van der Waals surface area (Å²) in [5, 5.41) is 10.3. The van der Waals surface area contributed by atoms with Crippen LogP contribution in [0, 0.1) is 27.7 Å². The Hall–Kier alpha value is -2.44. The molecule has 5 nitrogen and oxygen atoms in total. The van der Waals surface area contributed by atoms with Crippen molar-refractivity contribution in [3.8, 4) is 0 Å². The lowest BCUT2D eigenvalue weighted by Crippen LogP contribution is -2.24. The summed E-state index contributed by atoms with van der Waals surface area (Å²) in [4.78, 5) is 30.6. The molecule has 0 fully saturated rings. The number of aromatic nitrogens is 2. The predicted molar refractivity (Wildman–Crippen MR) is 118 cm³/mol. The first kappa shape index (κ1) is 21.3. The standard InChI is InChI=1S/C23H26N2O3S/c1-14-12-15(2)17(4)21(16(14)3)20(27)13-29-23-24-19-9-6-5-8-18(19)22(28)25(23)10-7-11-26/h5-6,8-9,12,26H,7,10-11,13H2,1-4H3. The van der Waals surface area contributed by atoms with E-state index in [2.05, 4.69) is 11.1 Å². The third-order valence-electron chi connectivity index (χ3n) is 5.34. The first-order valence-corrected chi connectivity index (χ1v) is 10.7. The average molecular weight is 411 g/mol. The van der Waals surface area contributed by atoms with Gasteiger partial charge in [0.1, 0.15) is 0 Å². The van der Waals surface area contributed by atoms with Crippen LogP contribution in [0.2, 0.25) is 0 Å². The molecule has 6 heteroatoms. The van der Waals surface area contributed by atoms with Crippen LogP contribution < -0.4 is 5.56 Å². The smallest absolute Gasteiger partial charge is 0.262 e. The van der Waals surface area contributed by atoms with E-state index in [1.807, 2.05) is 39.8 Å². The summed E-state index contributed by atoms with van der Waals surface area (Å²) in [6.07, 6.45) is 0.455. The highest BCUT2D eigenvalue weighted by Crippen LogP contribution is 2.25. The number of carbonyl (C=O) groups is 1. The molecule has 152 valence electrons. The van der Waals surface area contributed by atoms with Crippen molar-refractivity contribution in [3.63, 3.8) is 0 Å². The molecule has 29 heavy (non-hydrogen) atoms. The number of para-hydroxylation sites is 1. The zero-order valence-corrected chi connectivity index (χ0v) is 18.1. The van der Waals surface area contributed by atoms with E-state index >= 15 is 0 Å². The van der Waals surface area contributed by atoms with Gasteiger partial charge in [0, 0.05) is 18.7 Å². The van der Waals surface area contributed by atoms with Crippen LogP contribution in [0.4, 0.5) is 0 Å². The maximum atomic E-state index is 13.1. The highest BCUT2D eigenvalue weighted by Gasteiger charge is 2.18. The first-order chi connectivity index (χ1) is 13.8. The second-order valence-electron chi connectivity index (χ2n) is 7.29. The number of fused-ring (bicyclic) bond motifs is 1. The first-order valence-electron chi connectivity index (χ1n) is 9.69. The van der Waals surface area contributed by atoms with Gasteiger partial charge in [-0.05, 0) is 68.5 Å². The number of ketones is 1. The van der Waals surface area contributed by atoms with Gasteiger partial charge in [-0.25, -0.2) is 4.98 Å². The molecule has 0 spiro atoms. The number of aryl methyl sites for hydroxylation is 2. The van der Waals surface area contributed by atoms with E-state index in [0.29, 0.717) is 29.0 Å². The third-order valence-corrected chi connectivity index (χ3v) is 6.32. The van der Waals surface area contributed by atoms with Crippen LogP contribution in [0.15, 0.2) is 40.3 Å². The molecule has 0 aliphatic carbocycles. The largest absolute Gasteiger partial charge is 0.396 e. The number of aliphatic hydroxyl groups is 1. The Morgan fingerprint density at radius 1 is 1.10 bits per heavy atom. The van der Waals surface area contributed by atoms with Gasteiger partial charge in [0.25, 0.3) is 5.56 Å². The zero-order chi connectivity index (χ0) is 21.1. The molecule has 1 aromatic heterocycles.